The number of hydrogen-bond acceptors (Lipinski definition) is 2. The quantitative estimate of drug-likeness (QED) is 0.730. The number of nitrogens with one attached hydrogen (secondary N) is 1. The molecule has 0 bridgehead atoms. The van der Waals surface area contributed by atoms with E-state index in [1.807, 2.05) is 6.07 Å². The zero-order valence-corrected chi connectivity index (χ0v) is 10.9. The van der Waals surface area contributed by atoms with Crippen LogP contribution in [-0.2, 0) is 0 Å². The van der Waals surface area contributed by atoms with Gasteiger partial charge in [-0.2, -0.15) is 0 Å². The minimum atomic E-state index is 0.421. The second kappa shape index (κ2) is 6.31. The molecule has 84 valence electrons. The Morgan fingerprint density at radius 3 is 2.80 bits per heavy atom. The van der Waals surface area contributed by atoms with E-state index in [-0.39, 0.29) is 0 Å². The molecule has 1 nitrogen and oxygen atoms in total. The zero-order valence-electron chi connectivity index (χ0n) is 9.35. The third-order valence-electron chi connectivity index (χ3n) is 2.25. The van der Waals surface area contributed by atoms with E-state index in [1.54, 1.807) is 11.3 Å². The molecule has 0 aliphatic rings. The molecule has 0 amide bonds. The molecule has 0 aromatic carbocycles. The first-order chi connectivity index (χ1) is 7.13. The third-order valence-corrected chi connectivity index (χ3v) is 3.59. The van der Waals surface area contributed by atoms with Crippen LogP contribution in [0.5, 0.6) is 0 Å². The lowest BCUT2D eigenvalue weighted by Crippen LogP contribution is -2.19. The van der Waals surface area contributed by atoms with Crippen molar-refractivity contribution in [2.24, 2.45) is 0 Å². The van der Waals surface area contributed by atoms with Crippen LogP contribution in [0.1, 0.15) is 37.6 Å². The molecular formula is C12H18ClNS. The number of halogens is 1. The molecule has 15 heavy (non-hydrogen) atoms. The van der Waals surface area contributed by atoms with E-state index in [1.165, 1.54) is 10.5 Å². The molecule has 1 aromatic rings. The van der Waals surface area contributed by atoms with Gasteiger partial charge >= 0.3 is 0 Å². The fourth-order valence-electron chi connectivity index (χ4n) is 1.50. The van der Waals surface area contributed by atoms with Crippen molar-refractivity contribution in [2.45, 2.75) is 32.7 Å². The highest BCUT2D eigenvalue weighted by molar-refractivity contribution is 7.16. The van der Waals surface area contributed by atoms with Gasteiger partial charge in [0.05, 0.1) is 4.34 Å². The molecule has 1 N–H and O–H groups in total. The Morgan fingerprint density at radius 1 is 1.60 bits per heavy atom. The van der Waals surface area contributed by atoms with Crippen LogP contribution in [0.15, 0.2) is 24.3 Å². The smallest absolute Gasteiger partial charge is 0.0931 e. The predicted molar refractivity (Wildman–Crippen MR) is 69.8 cm³/mol. The van der Waals surface area contributed by atoms with Crippen molar-refractivity contribution < 1.29 is 0 Å². The summed E-state index contributed by atoms with van der Waals surface area (Å²) in [7, 11) is 0. The molecular weight excluding hydrogens is 226 g/mol. The minimum Gasteiger partial charge on any atom is -0.310 e. The van der Waals surface area contributed by atoms with Crippen LogP contribution >= 0.6 is 22.9 Å². The Bertz CT molecular complexity index is 319. The summed E-state index contributed by atoms with van der Waals surface area (Å²) in [6.07, 6.45) is 2.16. The van der Waals surface area contributed by atoms with Crippen LogP contribution in [0.4, 0.5) is 0 Å². The van der Waals surface area contributed by atoms with Crippen LogP contribution in [0.2, 0.25) is 4.34 Å². The molecule has 0 spiro atoms. The van der Waals surface area contributed by atoms with Gasteiger partial charge in [0.1, 0.15) is 0 Å². The maximum Gasteiger partial charge on any atom is 0.0931 e. The van der Waals surface area contributed by atoms with Crippen LogP contribution in [0.25, 0.3) is 0 Å². The summed E-state index contributed by atoms with van der Waals surface area (Å²) in [5.74, 6) is 0. The molecule has 1 aromatic heterocycles. The first-order valence-corrected chi connectivity index (χ1v) is 6.46. The molecule has 0 saturated carbocycles. The highest BCUT2D eigenvalue weighted by atomic mass is 35.5. The lowest BCUT2D eigenvalue weighted by molar-refractivity contribution is 0.522. The van der Waals surface area contributed by atoms with Gasteiger partial charge in [0.25, 0.3) is 0 Å². The van der Waals surface area contributed by atoms with Crippen molar-refractivity contribution in [1.29, 1.82) is 0 Å². The fourth-order valence-corrected chi connectivity index (χ4v) is 2.67. The van der Waals surface area contributed by atoms with Gasteiger partial charge in [-0.05, 0) is 38.4 Å². The molecule has 1 atom stereocenters. The highest BCUT2D eigenvalue weighted by Crippen LogP contribution is 2.29. The first-order valence-electron chi connectivity index (χ1n) is 5.26. The molecule has 1 rings (SSSR count). The van der Waals surface area contributed by atoms with E-state index < -0.39 is 0 Å². The normalized spacial score (nSPS) is 12.7. The second-order valence-corrected chi connectivity index (χ2v) is 5.49. The standard InChI is InChI=1S/C12H18ClNS/c1-4-14-10(6-5-9(2)3)11-7-8-12(13)15-11/h7-8,10,14H,2,4-6H2,1,3H3. The Balaban J connectivity index is 2.60. The first kappa shape index (κ1) is 12.8. The third kappa shape index (κ3) is 4.37. The minimum absolute atomic E-state index is 0.421. The summed E-state index contributed by atoms with van der Waals surface area (Å²) < 4.78 is 0.864. The molecule has 0 saturated heterocycles. The van der Waals surface area contributed by atoms with Gasteiger partial charge in [-0.15, -0.1) is 17.9 Å². The van der Waals surface area contributed by atoms with Gasteiger partial charge in [-0.1, -0.05) is 24.1 Å². The van der Waals surface area contributed by atoms with E-state index in [2.05, 4.69) is 31.8 Å². The maximum absolute atomic E-state index is 5.94. The Labute approximate surface area is 101 Å². The van der Waals surface area contributed by atoms with E-state index >= 15 is 0 Å². The molecule has 1 unspecified atom stereocenters. The van der Waals surface area contributed by atoms with Gasteiger partial charge in [-0.25, -0.2) is 0 Å². The summed E-state index contributed by atoms with van der Waals surface area (Å²) in [5.41, 5.74) is 1.24. The summed E-state index contributed by atoms with van der Waals surface area (Å²) in [5, 5.41) is 3.48. The van der Waals surface area contributed by atoms with Gasteiger partial charge < -0.3 is 5.32 Å². The zero-order chi connectivity index (χ0) is 11.3. The van der Waals surface area contributed by atoms with Crippen molar-refractivity contribution in [3.63, 3.8) is 0 Å². The van der Waals surface area contributed by atoms with Gasteiger partial charge in [0, 0.05) is 10.9 Å². The van der Waals surface area contributed by atoms with E-state index in [9.17, 15) is 0 Å². The Morgan fingerprint density at radius 2 is 2.33 bits per heavy atom. The van der Waals surface area contributed by atoms with Gasteiger partial charge in [-0.3, -0.25) is 0 Å². The Hall–Kier alpha value is -0.310. The second-order valence-electron chi connectivity index (χ2n) is 3.75. The number of rotatable bonds is 6. The average Bonchev–Trinajstić information content (AvgIpc) is 2.59. The lowest BCUT2D eigenvalue weighted by Gasteiger charge is -2.16. The van der Waals surface area contributed by atoms with Crippen LogP contribution in [0, 0.1) is 0 Å². The molecule has 3 heteroatoms. The van der Waals surface area contributed by atoms with E-state index in [0.717, 1.165) is 23.7 Å². The van der Waals surface area contributed by atoms with Gasteiger partial charge in [0.2, 0.25) is 0 Å². The fraction of sp³-hybridized carbons (Fsp3) is 0.500. The summed E-state index contributed by atoms with van der Waals surface area (Å²) >= 11 is 7.60. The Kier molecular flexibility index (Phi) is 5.37. The molecule has 1 heterocycles. The summed E-state index contributed by atoms with van der Waals surface area (Å²) in [6, 6.07) is 4.50. The number of allylic oxidation sites excluding steroid dienone is 1. The van der Waals surface area contributed by atoms with E-state index in [0.29, 0.717) is 6.04 Å². The van der Waals surface area contributed by atoms with Crippen molar-refractivity contribution in [3.05, 3.63) is 33.5 Å². The van der Waals surface area contributed by atoms with Crippen LogP contribution < -0.4 is 5.32 Å². The summed E-state index contributed by atoms with van der Waals surface area (Å²) in [4.78, 5) is 1.32. The molecule has 0 fully saturated rings. The SMILES string of the molecule is C=C(C)CCC(NCC)c1ccc(Cl)s1. The molecule has 0 aliphatic heterocycles. The number of hydrogen-bond donors (Lipinski definition) is 1. The molecule has 0 radical (unpaired) electrons. The predicted octanol–water partition coefficient (Wildman–Crippen LogP) is 4.41. The van der Waals surface area contributed by atoms with Crippen molar-refractivity contribution >= 4 is 22.9 Å². The van der Waals surface area contributed by atoms with Crippen LogP contribution in [-0.4, -0.2) is 6.54 Å². The van der Waals surface area contributed by atoms with Gasteiger partial charge in [0.15, 0.2) is 0 Å². The summed E-state index contributed by atoms with van der Waals surface area (Å²) in [6.45, 7) is 9.12. The monoisotopic (exact) mass is 243 g/mol. The number of thiophene rings is 1. The largest absolute Gasteiger partial charge is 0.310 e. The maximum atomic E-state index is 5.94. The van der Waals surface area contributed by atoms with Crippen molar-refractivity contribution in [2.75, 3.05) is 6.54 Å². The average molecular weight is 244 g/mol. The van der Waals surface area contributed by atoms with Crippen LogP contribution in [0.3, 0.4) is 0 Å². The van der Waals surface area contributed by atoms with Crippen molar-refractivity contribution in [1.82, 2.24) is 5.32 Å². The van der Waals surface area contributed by atoms with E-state index in [4.69, 9.17) is 11.6 Å². The topological polar surface area (TPSA) is 12.0 Å². The molecule has 0 aliphatic carbocycles. The highest BCUT2D eigenvalue weighted by Gasteiger charge is 2.12. The van der Waals surface area contributed by atoms with Crippen molar-refractivity contribution in [3.8, 4) is 0 Å². The lowest BCUT2D eigenvalue weighted by atomic mass is 10.1.